The molecule has 2 aliphatic rings. The van der Waals surface area contributed by atoms with E-state index in [2.05, 4.69) is 5.32 Å². The molecule has 0 atom stereocenters. The van der Waals surface area contributed by atoms with Crippen LogP contribution in [0.1, 0.15) is 12.8 Å². The standard InChI is InChI=1S/C9H14N2O3/c1-14-7-2-6(3-7)11-4-8(12)10-9(13)5-11/h6-7H,2-5H2,1H3,(H,10,12,13). The Kier molecular flexibility index (Phi) is 2.52. The summed E-state index contributed by atoms with van der Waals surface area (Å²) in [6.07, 6.45) is 2.16. The van der Waals surface area contributed by atoms with Gasteiger partial charge in [-0.1, -0.05) is 0 Å². The molecule has 2 fully saturated rings. The monoisotopic (exact) mass is 198 g/mol. The van der Waals surface area contributed by atoms with E-state index in [0.717, 1.165) is 12.8 Å². The van der Waals surface area contributed by atoms with Crippen LogP contribution >= 0.6 is 0 Å². The summed E-state index contributed by atoms with van der Waals surface area (Å²) in [5, 5.41) is 2.29. The molecule has 1 aliphatic heterocycles. The number of nitrogens with zero attached hydrogens (tertiary/aromatic N) is 1. The minimum atomic E-state index is -0.192. The van der Waals surface area contributed by atoms with Crippen LogP contribution in [0, 0.1) is 0 Å². The molecule has 0 radical (unpaired) electrons. The molecule has 0 aromatic heterocycles. The molecule has 1 aliphatic carbocycles. The van der Waals surface area contributed by atoms with Gasteiger partial charge in [0.05, 0.1) is 19.2 Å². The van der Waals surface area contributed by atoms with Gasteiger partial charge in [-0.05, 0) is 12.8 Å². The number of carbonyl (C=O) groups excluding carboxylic acids is 2. The zero-order chi connectivity index (χ0) is 10.1. The molecule has 0 aromatic carbocycles. The van der Waals surface area contributed by atoms with Gasteiger partial charge in [-0.3, -0.25) is 19.8 Å². The quantitative estimate of drug-likeness (QED) is 0.585. The van der Waals surface area contributed by atoms with Gasteiger partial charge in [0, 0.05) is 13.2 Å². The fourth-order valence-corrected chi connectivity index (χ4v) is 1.95. The SMILES string of the molecule is COC1CC(N2CC(=O)NC(=O)C2)C1. The molecule has 1 N–H and O–H groups in total. The van der Waals surface area contributed by atoms with Gasteiger partial charge in [0.25, 0.3) is 0 Å². The second-order valence-electron chi connectivity index (χ2n) is 3.86. The maximum Gasteiger partial charge on any atom is 0.240 e. The molecule has 5 heteroatoms. The van der Waals surface area contributed by atoms with E-state index in [-0.39, 0.29) is 11.8 Å². The summed E-state index contributed by atoms with van der Waals surface area (Å²) in [4.78, 5) is 24.1. The molecule has 5 nitrogen and oxygen atoms in total. The number of methoxy groups -OCH3 is 1. The number of hydrogen-bond donors (Lipinski definition) is 1. The smallest absolute Gasteiger partial charge is 0.240 e. The highest BCUT2D eigenvalue weighted by Crippen LogP contribution is 2.27. The normalized spacial score (nSPS) is 33.8. The van der Waals surface area contributed by atoms with Crippen molar-refractivity contribution in [1.29, 1.82) is 0 Å². The maximum absolute atomic E-state index is 11.1. The van der Waals surface area contributed by atoms with Gasteiger partial charge in [0.15, 0.2) is 0 Å². The summed E-state index contributed by atoms with van der Waals surface area (Å²) in [5.41, 5.74) is 0. The molecule has 0 spiro atoms. The van der Waals surface area contributed by atoms with Gasteiger partial charge in [-0.2, -0.15) is 0 Å². The fourth-order valence-electron chi connectivity index (χ4n) is 1.95. The van der Waals surface area contributed by atoms with Crippen molar-refractivity contribution in [1.82, 2.24) is 10.2 Å². The van der Waals surface area contributed by atoms with Gasteiger partial charge in [0.1, 0.15) is 0 Å². The first-order chi connectivity index (χ1) is 6.69. The molecule has 2 rings (SSSR count). The molecular formula is C9H14N2O3. The second-order valence-corrected chi connectivity index (χ2v) is 3.86. The second kappa shape index (κ2) is 3.67. The van der Waals surface area contributed by atoms with Crippen molar-refractivity contribution in [2.24, 2.45) is 0 Å². The highest BCUT2D eigenvalue weighted by Gasteiger charge is 2.37. The van der Waals surface area contributed by atoms with E-state index in [1.54, 1.807) is 7.11 Å². The predicted molar refractivity (Wildman–Crippen MR) is 48.5 cm³/mol. The third-order valence-electron chi connectivity index (χ3n) is 2.89. The largest absolute Gasteiger partial charge is 0.381 e. The first-order valence-corrected chi connectivity index (χ1v) is 4.78. The third kappa shape index (κ3) is 1.78. The van der Waals surface area contributed by atoms with Gasteiger partial charge < -0.3 is 4.74 Å². The first-order valence-electron chi connectivity index (χ1n) is 4.78. The topological polar surface area (TPSA) is 58.6 Å². The summed E-state index contributed by atoms with van der Waals surface area (Å²) in [5.74, 6) is -0.385. The van der Waals surface area contributed by atoms with Crippen LogP contribution in [0.3, 0.4) is 0 Å². The summed E-state index contributed by atoms with van der Waals surface area (Å²) in [6.45, 7) is 0.680. The minimum absolute atomic E-state index is 0.192. The number of rotatable bonds is 2. The van der Waals surface area contributed by atoms with E-state index >= 15 is 0 Å². The Labute approximate surface area is 82.4 Å². The first kappa shape index (κ1) is 9.61. The predicted octanol–water partition coefficient (Wildman–Crippen LogP) is -0.878. The Morgan fingerprint density at radius 2 is 1.86 bits per heavy atom. The van der Waals surface area contributed by atoms with Gasteiger partial charge in [-0.15, -0.1) is 0 Å². The Balaban J connectivity index is 1.86. The Morgan fingerprint density at radius 3 is 2.36 bits per heavy atom. The molecule has 78 valence electrons. The van der Waals surface area contributed by atoms with Crippen molar-refractivity contribution >= 4 is 11.8 Å². The van der Waals surface area contributed by atoms with E-state index in [1.807, 2.05) is 4.90 Å². The Bertz CT molecular complexity index is 245. The zero-order valence-corrected chi connectivity index (χ0v) is 8.16. The summed E-state index contributed by atoms with van der Waals surface area (Å²) >= 11 is 0. The summed E-state index contributed by atoms with van der Waals surface area (Å²) in [6, 6.07) is 0.343. The number of hydrogen-bond acceptors (Lipinski definition) is 4. The average molecular weight is 198 g/mol. The molecule has 1 saturated heterocycles. The number of piperazine rings is 1. The van der Waals surface area contributed by atoms with Crippen LogP contribution in [-0.4, -0.2) is 49.1 Å². The van der Waals surface area contributed by atoms with E-state index in [1.165, 1.54) is 0 Å². The van der Waals surface area contributed by atoms with Gasteiger partial charge in [0.2, 0.25) is 11.8 Å². The number of imide groups is 1. The van der Waals surface area contributed by atoms with Crippen molar-refractivity contribution in [2.75, 3.05) is 20.2 Å². The molecule has 0 aromatic rings. The van der Waals surface area contributed by atoms with Crippen LogP contribution in [0.25, 0.3) is 0 Å². The van der Waals surface area contributed by atoms with E-state index in [0.29, 0.717) is 25.2 Å². The lowest BCUT2D eigenvalue weighted by molar-refractivity contribution is -0.139. The van der Waals surface area contributed by atoms with Crippen LogP contribution in [0.4, 0.5) is 0 Å². The van der Waals surface area contributed by atoms with E-state index < -0.39 is 0 Å². The highest BCUT2D eigenvalue weighted by atomic mass is 16.5. The molecule has 0 unspecified atom stereocenters. The lowest BCUT2D eigenvalue weighted by Crippen LogP contribution is -2.58. The lowest BCUT2D eigenvalue weighted by Gasteiger charge is -2.42. The van der Waals surface area contributed by atoms with Gasteiger partial charge in [-0.25, -0.2) is 0 Å². The number of ether oxygens (including phenoxy) is 1. The van der Waals surface area contributed by atoms with Crippen LogP contribution < -0.4 is 5.32 Å². The summed E-state index contributed by atoms with van der Waals surface area (Å²) in [7, 11) is 1.69. The number of nitrogens with one attached hydrogen (secondary N) is 1. The third-order valence-corrected chi connectivity index (χ3v) is 2.89. The fraction of sp³-hybridized carbons (Fsp3) is 0.778. The Hall–Kier alpha value is -0.940. The molecule has 14 heavy (non-hydrogen) atoms. The molecule has 2 amide bonds. The van der Waals surface area contributed by atoms with Crippen LogP contribution in [-0.2, 0) is 14.3 Å². The van der Waals surface area contributed by atoms with Crippen molar-refractivity contribution in [3.05, 3.63) is 0 Å². The van der Waals surface area contributed by atoms with Crippen molar-refractivity contribution in [3.8, 4) is 0 Å². The average Bonchev–Trinajstić information content (AvgIpc) is 2.00. The van der Waals surface area contributed by atoms with E-state index in [9.17, 15) is 9.59 Å². The highest BCUT2D eigenvalue weighted by molar-refractivity contribution is 5.99. The van der Waals surface area contributed by atoms with Crippen molar-refractivity contribution < 1.29 is 14.3 Å². The number of amides is 2. The maximum atomic E-state index is 11.1. The van der Waals surface area contributed by atoms with E-state index in [4.69, 9.17) is 4.74 Å². The molecule has 0 bridgehead atoms. The van der Waals surface area contributed by atoms with Crippen LogP contribution in [0.15, 0.2) is 0 Å². The summed E-state index contributed by atoms with van der Waals surface area (Å²) < 4.78 is 5.15. The van der Waals surface area contributed by atoms with Crippen molar-refractivity contribution in [2.45, 2.75) is 25.0 Å². The molecule has 1 heterocycles. The number of carbonyl (C=O) groups is 2. The van der Waals surface area contributed by atoms with Gasteiger partial charge >= 0.3 is 0 Å². The minimum Gasteiger partial charge on any atom is -0.381 e. The molecular weight excluding hydrogens is 184 g/mol. The van der Waals surface area contributed by atoms with Crippen molar-refractivity contribution in [3.63, 3.8) is 0 Å². The molecule has 1 saturated carbocycles. The van der Waals surface area contributed by atoms with Crippen LogP contribution in [0.2, 0.25) is 0 Å². The zero-order valence-electron chi connectivity index (χ0n) is 8.16. The van der Waals surface area contributed by atoms with Crippen LogP contribution in [0.5, 0.6) is 0 Å². The Morgan fingerprint density at radius 1 is 1.29 bits per heavy atom. The lowest BCUT2D eigenvalue weighted by atomic mass is 9.87.